The lowest BCUT2D eigenvalue weighted by molar-refractivity contribution is -0.126. The molecule has 34 heavy (non-hydrogen) atoms. The molecule has 3 aromatic rings. The molecule has 2 aliphatic rings. The summed E-state index contributed by atoms with van der Waals surface area (Å²) in [6.45, 7) is 6.88. The molecule has 1 aromatic heterocycles. The lowest BCUT2D eigenvalue weighted by atomic mass is 10.0. The molecule has 0 aliphatic carbocycles. The highest BCUT2D eigenvalue weighted by Gasteiger charge is 2.30. The Labute approximate surface area is 200 Å². The van der Waals surface area contributed by atoms with Crippen molar-refractivity contribution in [2.45, 2.75) is 39.0 Å². The highest BCUT2D eigenvalue weighted by molar-refractivity contribution is 5.92. The van der Waals surface area contributed by atoms with Crippen LogP contribution in [-0.2, 0) is 22.5 Å². The minimum Gasteiger partial charge on any atom is -0.372 e. The maximum atomic E-state index is 13.0. The van der Waals surface area contributed by atoms with E-state index in [9.17, 15) is 4.79 Å². The fourth-order valence-electron chi connectivity index (χ4n) is 4.75. The number of morpholine rings is 1. The number of aromatic nitrogens is 2. The normalized spacial score (nSPS) is 20.4. The first kappa shape index (κ1) is 22.3. The Bertz CT molecular complexity index is 1170. The van der Waals surface area contributed by atoms with Crippen molar-refractivity contribution in [3.8, 4) is 11.4 Å². The van der Waals surface area contributed by atoms with E-state index in [4.69, 9.17) is 14.7 Å². The Hall–Kier alpha value is -3.51. The predicted octanol–water partition coefficient (Wildman–Crippen LogP) is 4.36. The zero-order valence-electron chi connectivity index (χ0n) is 19.7. The number of amides is 1. The SMILES string of the molecule is C[C@@H]1CN(c2nc(-c3ccccc3)nc3c2CN(C(=O)/C=C/c2ccccc2)CC3)C[C@@H](C)O1. The van der Waals surface area contributed by atoms with Gasteiger partial charge in [-0.05, 0) is 25.5 Å². The molecule has 174 valence electrons. The molecule has 0 radical (unpaired) electrons. The van der Waals surface area contributed by atoms with Crippen LogP contribution in [0.2, 0.25) is 0 Å². The third-order valence-corrected chi connectivity index (χ3v) is 6.32. The molecule has 6 nitrogen and oxygen atoms in total. The van der Waals surface area contributed by atoms with Crippen LogP contribution in [0.1, 0.15) is 30.7 Å². The highest BCUT2D eigenvalue weighted by atomic mass is 16.5. The van der Waals surface area contributed by atoms with Crippen LogP contribution in [0.4, 0.5) is 5.82 Å². The number of hydrogen-bond donors (Lipinski definition) is 0. The number of rotatable bonds is 4. The standard InChI is InChI=1S/C28H30N4O2/c1-20-17-32(18-21(2)34-20)28-24-19-31(26(33)14-13-22-9-5-3-6-10-22)16-15-25(24)29-27(30-28)23-11-7-4-8-12-23/h3-14,20-21H,15-19H2,1-2H3/b14-13+/t20-,21-/m1/s1. The summed E-state index contributed by atoms with van der Waals surface area (Å²) in [5.74, 6) is 1.68. The molecule has 6 heteroatoms. The van der Waals surface area contributed by atoms with Gasteiger partial charge in [0.25, 0.3) is 0 Å². The number of carbonyl (C=O) groups is 1. The second-order valence-corrected chi connectivity index (χ2v) is 9.08. The minimum absolute atomic E-state index is 0.0105. The fourth-order valence-corrected chi connectivity index (χ4v) is 4.75. The average Bonchev–Trinajstić information content (AvgIpc) is 2.87. The first-order valence-corrected chi connectivity index (χ1v) is 11.9. The summed E-state index contributed by atoms with van der Waals surface area (Å²) in [4.78, 5) is 27.2. The molecule has 1 fully saturated rings. The molecule has 0 bridgehead atoms. The van der Waals surface area contributed by atoms with Gasteiger partial charge in [-0.2, -0.15) is 0 Å². The van der Waals surface area contributed by atoms with Gasteiger partial charge in [-0.25, -0.2) is 9.97 Å². The van der Waals surface area contributed by atoms with Crippen molar-refractivity contribution in [3.05, 3.63) is 83.6 Å². The van der Waals surface area contributed by atoms with Gasteiger partial charge < -0.3 is 14.5 Å². The van der Waals surface area contributed by atoms with Crippen molar-refractivity contribution in [2.24, 2.45) is 0 Å². The molecule has 0 N–H and O–H groups in total. The van der Waals surface area contributed by atoms with E-state index in [0.29, 0.717) is 19.5 Å². The van der Waals surface area contributed by atoms with E-state index in [-0.39, 0.29) is 18.1 Å². The van der Waals surface area contributed by atoms with Crippen molar-refractivity contribution in [3.63, 3.8) is 0 Å². The quantitative estimate of drug-likeness (QED) is 0.549. The molecule has 5 rings (SSSR count). The van der Waals surface area contributed by atoms with E-state index in [1.807, 2.05) is 71.6 Å². The van der Waals surface area contributed by atoms with Gasteiger partial charge in [0.15, 0.2) is 5.82 Å². The lowest BCUT2D eigenvalue weighted by Gasteiger charge is -2.38. The van der Waals surface area contributed by atoms with Gasteiger partial charge in [0.05, 0.1) is 24.4 Å². The zero-order chi connectivity index (χ0) is 23.5. The molecule has 3 heterocycles. The molecule has 0 unspecified atom stereocenters. The van der Waals surface area contributed by atoms with Crippen molar-refractivity contribution in [2.75, 3.05) is 24.5 Å². The summed E-state index contributed by atoms with van der Waals surface area (Å²) >= 11 is 0. The van der Waals surface area contributed by atoms with Crippen LogP contribution in [0.3, 0.4) is 0 Å². The summed E-state index contributed by atoms with van der Waals surface area (Å²) in [5, 5.41) is 0. The van der Waals surface area contributed by atoms with Gasteiger partial charge in [-0.15, -0.1) is 0 Å². The Morgan fingerprint density at radius 2 is 1.65 bits per heavy atom. The third-order valence-electron chi connectivity index (χ3n) is 6.32. The van der Waals surface area contributed by atoms with Crippen LogP contribution in [0.15, 0.2) is 66.7 Å². The maximum absolute atomic E-state index is 13.0. The van der Waals surface area contributed by atoms with Crippen molar-refractivity contribution in [1.29, 1.82) is 0 Å². The molecular formula is C28H30N4O2. The van der Waals surface area contributed by atoms with Crippen LogP contribution in [0.25, 0.3) is 17.5 Å². The zero-order valence-corrected chi connectivity index (χ0v) is 19.7. The van der Waals surface area contributed by atoms with Crippen molar-refractivity contribution < 1.29 is 9.53 Å². The molecule has 2 aliphatic heterocycles. The second-order valence-electron chi connectivity index (χ2n) is 9.08. The van der Waals surface area contributed by atoms with Crippen molar-refractivity contribution >= 4 is 17.8 Å². The fraction of sp³-hybridized carbons (Fsp3) is 0.321. The second kappa shape index (κ2) is 9.77. The summed E-state index contributed by atoms with van der Waals surface area (Å²) in [6, 6.07) is 20.0. The maximum Gasteiger partial charge on any atom is 0.246 e. The Kier molecular flexibility index (Phi) is 6.41. The van der Waals surface area contributed by atoms with Gasteiger partial charge in [0.1, 0.15) is 5.82 Å². The topological polar surface area (TPSA) is 58.6 Å². The predicted molar refractivity (Wildman–Crippen MR) is 134 cm³/mol. The Morgan fingerprint density at radius 1 is 0.971 bits per heavy atom. The molecule has 2 aromatic carbocycles. The Morgan fingerprint density at radius 3 is 2.35 bits per heavy atom. The summed E-state index contributed by atoms with van der Waals surface area (Å²) in [7, 11) is 0. The largest absolute Gasteiger partial charge is 0.372 e. The van der Waals surface area contributed by atoms with Gasteiger partial charge >= 0.3 is 0 Å². The number of nitrogens with zero attached hydrogens (tertiary/aromatic N) is 4. The number of hydrogen-bond acceptors (Lipinski definition) is 5. The summed E-state index contributed by atoms with van der Waals surface area (Å²) in [5.41, 5.74) is 4.10. The van der Waals surface area contributed by atoms with Crippen LogP contribution in [0, 0.1) is 0 Å². The average molecular weight is 455 g/mol. The smallest absolute Gasteiger partial charge is 0.246 e. The van der Waals surface area contributed by atoms with Gasteiger partial charge in [-0.3, -0.25) is 4.79 Å². The van der Waals surface area contributed by atoms with E-state index in [1.54, 1.807) is 6.08 Å². The molecule has 1 saturated heterocycles. The molecule has 2 atom stereocenters. The summed E-state index contributed by atoms with van der Waals surface area (Å²) < 4.78 is 5.97. The van der Waals surface area contributed by atoms with Gasteiger partial charge in [0.2, 0.25) is 5.91 Å². The van der Waals surface area contributed by atoms with Gasteiger partial charge in [-0.1, -0.05) is 60.7 Å². The van der Waals surface area contributed by atoms with Gasteiger partial charge in [0, 0.05) is 43.3 Å². The third kappa shape index (κ3) is 4.87. The van der Waals surface area contributed by atoms with Crippen LogP contribution >= 0.6 is 0 Å². The van der Waals surface area contributed by atoms with Crippen LogP contribution in [-0.4, -0.2) is 52.6 Å². The van der Waals surface area contributed by atoms with E-state index in [0.717, 1.165) is 47.1 Å². The van der Waals surface area contributed by atoms with E-state index in [1.165, 1.54) is 0 Å². The van der Waals surface area contributed by atoms with E-state index in [2.05, 4.69) is 18.7 Å². The Balaban J connectivity index is 1.47. The monoisotopic (exact) mass is 454 g/mol. The van der Waals surface area contributed by atoms with Crippen LogP contribution < -0.4 is 4.90 Å². The first-order valence-electron chi connectivity index (χ1n) is 11.9. The molecule has 1 amide bonds. The molecule has 0 spiro atoms. The minimum atomic E-state index is 0.0105. The molecular weight excluding hydrogens is 424 g/mol. The number of carbonyl (C=O) groups excluding carboxylic acids is 1. The first-order chi connectivity index (χ1) is 16.6. The lowest BCUT2D eigenvalue weighted by Crippen LogP contribution is -2.47. The van der Waals surface area contributed by atoms with E-state index >= 15 is 0 Å². The van der Waals surface area contributed by atoms with E-state index < -0.39 is 0 Å². The van der Waals surface area contributed by atoms with Crippen LogP contribution in [0.5, 0.6) is 0 Å². The number of ether oxygens (including phenoxy) is 1. The number of benzene rings is 2. The number of fused-ring (bicyclic) bond motifs is 1. The van der Waals surface area contributed by atoms with Crippen molar-refractivity contribution in [1.82, 2.24) is 14.9 Å². The summed E-state index contributed by atoms with van der Waals surface area (Å²) in [6.07, 6.45) is 4.48. The molecule has 0 saturated carbocycles. The highest BCUT2D eigenvalue weighted by Crippen LogP contribution is 2.31. The number of anilines is 1.